The molecule has 1 atom stereocenters. The van der Waals surface area contributed by atoms with E-state index in [4.69, 9.17) is 5.11 Å². The minimum absolute atomic E-state index is 0.0366. The van der Waals surface area contributed by atoms with Crippen LogP contribution in [-0.4, -0.2) is 49.4 Å². The Bertz CT molecular complexity index is 910. The van der Waals surface area contributed by atoms with Crippen molar-refractivity contribution < 1.29 is 14.7 Å². The van der Waals surface area contributed by atoms with Crippen LogP contribution in [0.2, 0.25) is 0 Å². The molecule has 3 heterocycles. The lowest BCUT2D eigenvalue weighted by Gasteiger charge is -2.35. The third-order valence-corrected chi connectivity index (χ3v) is 5.12. The lowest BCUT2D eigenvalue weighted by molar-refractivity contribution is -0.139. The second-order valence-corrected chi connectivity index (χ2v) is 7.07. The number of carbonyl (C=O) groups is 2. The molecule has 28 heavy (non-hydrogen) atoms. The van der Waals surface area contributed by atoms with Gasteiger partial charge in [0.25, 0.3) is 5.56 Å². The number of H-pyrrole nitrogens is 1. The Morgan fingerprint density at radius 3 is 2.86 bits per heavy atom. The molecule has 148 valence electrons. The highest BCUT2D eigenvalue weighted by Gasteiger charge is 2.28. The predicted octanol–water partition coefficient (Wildman–Crippen LogP) is 1.93. The number of nitrogens with zero attached hydrogens (tertiary/aromatic N) is 3. The van der Waals surface area contributed by atoms with Crippen LogP contribution in [0.5, 0.6) is 0 Å². The summed E-state index contributed by atoms with van der Waals surface area (Å²) in [6.45, 7) is 2.32. The zero-order valence-corrected chi connectivity index (χ0v) is 15.9. The van der Waals surface area contributed by atoms with Gasteiger partial charge in [-0.2, -0.15) is 0 Å². The van der Waals surface area contributed by atoms with Gasteiger partial charge in [0.05, 0.1) is 6.42 Å². The van der Waals surface area contributed by atoms with Crippen molar-refractivity contribution in [2.45, 2.75) is 51.5 Å². The molecule has 0 aliphatic carbocycles. The van der Waals surface area contributed by atoms with E-state index in [0.717, 1.165) is 19.3 Å². The van der Waals surface area contributed by atoms with Crippen LogP contribution >= 0.6 is 0 Å². The van der Waals surface area contributed by atoms with E-state index in [9.17, 15) is 14.4 Å². The van der Waals surface area contributed by atoms with Crippen LogP contribution in [0.15, 0.2) is 29.3 Å². The molecule has 1 amide bonds. The lowest BCUT2D eigenvalue weighted by Crippen LogP contribution is -2.45. The molecule has 2 N–H and O–H groups in total. The number of amides is 1. The molecule has 8 heteroatoms. The third-order valence-electron chi connectivity index (χ3n) is 5.12. The number of nitrogens with one attached hydrogen (secondary N) is 1. The molecule has 2 aromatic rings. The molecule has 1 aliphatic rings. The quantitative estimate of drug-likeness (QED) is 0.786. The number of pyridine rings is 1. The number of carbonyl (C=O) groups excluding carboxylic acids is 1. The van der Waals surface area contributed by atoms with Gasteiger partial charge in [-0.25, -0.2) is 4.98 Å². The Kier molecular flexibility index (Phi) is 6.18. The highest BCUT2D eigenvalue weighted by Crippen LogP contribution is 2.22. The first-order chi connectivity index (χ1) is 13.5. The first-order valence-electron chi connectivity index (χ1n) is 9.47. The second-order valence-electron chi connectivity index (χ2n) is 7.07. The summed E-state index contributed by atoms with van der Waals surface area (Å²) in [6.07, 6.45) is 6.36. The first-order valence-corrected chi connectivity index (χ1v) is 9.47. The molecule has 1 fully saturated rings. The van der Waals surface area contributed by atoms with E-state index in [-0.39, 0.29) is 30.3 Å². The predicted molar refractivity (Wildman–Crippen MR) is 103 cm³/mol. The van der Waals surface area contributed by atoms with Crippen LogP contribution in [0.1, 0.15) is 43.4 Å². The highest BCUT2D eigenvalue weighted by molar-refractivity contribution is 5.79. The Morgan fingerprint density at radius 2 is 2.18 bits per heavy atom. The Morgan fingerprint density at radius 1 is 1.36 bits per heavy atom. The smallest absolute Gasteiger partial charge is 0.303 e. The summed E-state index contributed by atoms with van der Waals surface area (Å²) in [5, 5.41) is 8.94. The molecule has 0 spiro atoms. The maximum Gasteiger partial charge on any atom is 0.303 e. The Hall–Kier alpha value is -3.03. The molecular weight excluding hydrogens is 360 g/mol. The fourth-order valence-electron chi connectivity index (χ4n) is 3.63. The number of carboxylic acids is 1. The van der Waals surface area contributed by atoms with Gasteiger partial charge in [-0.3, -0.25) is 19.4 Å². The van der Waals surface area contributed by atoms with Crippen molar-refractivity contribution in [1.82, 2.24) is 19.9 Å². The van der Waals surface area contributed by atoms with E-state index in [0.29, 0.717) is 35.6 Å². The summed E-state index contributed by atoms with van der Waals surface area (Å²) < 4.78 is 0. The van der Waals surface area contributed by atoms with Gasteiger partial charge in [0.2, 0.25) is 5.91 Å². The van der Waals surface area contributed by atoms with Crippen LogP contribution in [0.4, 0.5) is 0 Å². The molecule has 0 radical (unpaired) electrons. The van der Waals surface area contributed by atoms with Crippen LogP contribution in [-0.2, 0) is 16.0 Å². The van der Waals surface area contributed by atoms with Gasteiger partial charge < -0.3 is 15.0 Å². The van der Waals surface area contributed by atoms with Gasteiger partial charge in [-0.15, -0.1) is 0 Å². The summed E-state index contributed by atoms with van der Waals surface area (Å²) in [4.78, 5) is 49.3. The molecule has 0 aromatic carbocycles. The van der Waals surface area contributed by atoms with Crippen LogP contribution in [0, 0.1) is 6.92 Å². The van der Waals surface area contributed by atoms with Gasteiger partial charge in [0.1, 0.15) is 5.82 Å². The standard InChI is InChI=1S/C20H24N4O4/c1-13-16(20(28)23-19(22-13)14-5-4-9-21-12-14)11-17(25)24-10-3-2-6-15(24)7-8-18(26)27/h4-5,9,12,15H,2-3,6-8,10-11H2,1H3,(H,26,27)(H,22,23,28). The van der Waals surface area contributed by atoms with E-state index < -0.39 is 5.97 Å². The number of aryl methyl sites for hydroxylation is 1. The third kappa shape index (κ3) is 4.62. The normalized spacial score (nSPS) is 16.8. The number of piperidine rings is 1. The van der Waals surface area contributed by atoms with Gasteiger partial charge >= 0.3 is 5.97 Å². The average Bonchev–Trinajstić information content (AvgIpc) is 2.69. The van der Waals surface area contributed by atoms with Crippen LogP contribution < -0.4 is 5.56 Å². The number of aliphatic carboxylic acids is 1. The second kappa shape index (κ2) is 8.77. The Labute approximate surface area is 162 Å². The summed E-state index contributed by atoms with van der Waals surface area (Å²) in [5.41, 5.74) is 1.22. The van der Waals surface area contributed by atoms with E-state index in [2.05, 4.69) is 15.0 Å². The molecule has 2 aromatic heterocycles. The van der Waals surface area contributed by atoms with Crippen molar-refractivity contribution in [3.05, 3.63) is 46.1 Å². The fourth-order valence-corrected chi connectivity index (χ4v) is 3.63. The summed E-state index contributed by atoms with van der Waals surface area (Å²) in [5.74, 6) is -0.593. The molecule has 1 saturated heterocycles. The largest absolute Gasteiger partial charge is 0.481 e. The maximum absolute atomic E-state index is 12.9. The summed E-state index contributed by atoms with van der Waals surface area (Å²) in [7, 11) is 0. The zero-order valence-electron chi connectivity index (χ0n) is 15.9. The topological polar surface area (TPSA) is 116 Å². The minimum atomic E-state index is -0.861. The molecule has 8 nitrogen and oxygen atoms in total. The number of likely N-dealkylation sites (tertiary alicyclic amines) is 1. The fraction of sp³-hybridized carbons (Fsp3) is 0.450. The van der Waals surface area contributed by atoms with Gasteiger partial charge in [0, 0.05) is 48.2 Å². The molecular formula is C20H24N4O4. The number of hydrogen-bond acceptors (Lipinski definition) is 5. The number of aromatic amines is 1. The molecule has 1 aliphatic heterocycles. The summed E-state index contributed by atoms with van der Waals surface area (Å²) in [6, 6.07) is 3.48. The van der Waals surface area contributed by atoms with Crippen LogP contribution in [0.3, 0.4) is 0 Å². The van der Waals surface area contributed by atoms with E-state index in [1.807, 2.05) is 0 Å². The molecule has 0 saturated carbocycles. The van der Waals surface area contributed by atoms with Gasteiger partial charge in [-0.05, 0) is 44.7 Å². The van der Waals surface area contributed by atoms with Crippen molar-refractivity contribution in [2.24, 2.45) is 0 Å². The monoisotopic (exact) mass is 384 g/mol. The average molecular weight is 384 g/mol. The first kappa shape index (κ1) is 19.7. The lowest BCUT2D eigenvalue weighted by atomic mass is 9.97. The SMILES string of the molecule is Cc1nc(-c2cccnc2)[nH]c(=O)c1CC(=O)N1CCCCC1CCC(=O)O. The van der Waals surface area contributed by atoms with Crippen molar-refractivity contribution in [2.75, 3.05) is 6.54 Å². The number of hydrogen-bond donors (Lipinski definition) is 2. The van der Waals surface area contributed by atoms with Crippen molar-refractivity contribution >= 4 is 11.9 Å². The van der Waals surface area contributed by atoms with Crippen molar-refractivity contribution in [3.8, 4) is 11.4 Å². The maximum atomic E-state index is 12.9. The van der Waals surface area contributed by atoms with Crippen molar-refractivity contribution in [1.29, 1.82) is 0 Å². The van der Waals surface area contributed by atoms with E-state index >= 15 is 0 Å². The Balaban J connectivity index is 1.77. The number of aromatic nitrogens is 3. The van der Waals surface area contributed by atoms with Gasteiger partial charge in [0.15, 0.2) is 0 Å². The van der Waals surface area contributed by atoms with Crippen molar-refractivity contribution in [3.63, 3.8) is 0 Å². The number of rotatable bonds is 6. The molecule has 0 bridgehead atoms. The van der Waals surface area contributed by atoms with Gasteiger partial charge in [-0.1, -0.05) is 0 Å². The molecule has 3 rings (SSSR count). The highest BCUT2D eigenvalue weighted by atomic mass is 16.4. The molecule has 1 unspecified atom stereocenters. The summed E-state index contributed by atoms with van der Waals surface area (Å²) >= 11 is 0. The van der Waals surface area contributed by atoms with Crippen LogP contribution in [0.25, 0.3) is 11.4 Å². The van der Waals surface area contributed by atoms with E-state index in [1.54, 1.807) is 36.4 Å². The minimum Gasteiger partial charge on any atom is -0.481 e. The van der Waals surface area contributed by atoms with E-state index in [1.165, 1.54) is 0 Å². The zero-order chi connectivity index (χ0) is 20.1. The number of carboxylic acid groups (broad SMARTS) is 1.